The lowest BCUT2D eigenvalue weighted by Crippen LogP contribution is -2.56. The van der Waals surface area contributed by atoms with E-state index in [0.717, 1.165) is 19.4 Å². The third-order valence-corrected chi connectivity index (χ3v) is 6.18. The standard InChI is InChI=1S/C28H37N3O6/c1-19-6-5-15-31(19)27(34)25(28(2,3)4)30-24(32)18-35-16-17-36-21-11-13-23(14-12-21)37-22-9-7-20(8-10-22)26(29)33/h7-14,19,25H,5-6,15-18H2,1-4H3,(H2,29,33)(H,30,32)/t19-,25-/m1/s1. The molecule has 2 aromatic rings. The number of amides is 3. The Labute approximate surface area is 218 Å². The van der Waals surface area contributed by atoms with E-state index in [1.807, 2.05) is 32.6 Å². The molecule has 9 nitrogen and oxygen atoms in total. The van der Waals surface area contributed by atoms with Crippen molar-refractivity contribution in [2.45, 2.75) is 52.6 Å². The van der Waals surface area contributed by atoms with E-state index in [0.29, 0.717) is 22.8 Å². The van der Waals surface area contributed by atoms with Gasteiger partial charge in [-0.15, -0.1) is 0 Å². The van der Waals surface area contributed by atoms with Crippen LogP contribution in [-0.4, -0.2) is 61.1 Å². The number of rotatable bonds is 11. The van der Waals surface area contributed by atoms with Crippen LogP contribution < -0.4 is 20.5 Å². The van der Waals surface area contributed by atoms with Gasteiger partial charge in [-0.2, -0.15) is 0 Å². The van der Waals surface area contributed by atoms with Gasteiger partial charge in [0, 0.05) is 18.2 Å². The molecule has 2 aromatic carbocycles. The maximum absolute atomic E-state index is 13.1. The number of nitrogens with two attached hydrogens (primary N) is 1. The SMILES string of the molecule is C[C@@H]1CCCN1C(=O)[C@@H](NC(=O)COCCOc1ccc(Oc2ccc(C(N)=O)cc2)cc1)C(C)(C)C. The molecule has 2 atom stereocenters. The molecule has 0 unspecified atom stereocenters. The number of hydrogen-bond donors (Lipinski definition) is 2. The number of benzene rings is 2. The van der Waals surface area contributed by atoms with Gasteiger partial charge in [-0.05, 0) is 73.7 Å². The molecule has 0 aromatic heterocycles. The first-order chi connectivity index (χ1) is 17.5. The van der Waals surface area contributed by atoms with Crippen LogP contribution in [0.2, 0.25) is 0 Å². The van der Waals surface area contributed by atoms with Gasteiger partial charge in [0.25, 0.3) is 0 Å². The highest BCUT2D eigenvalue weighted by molar-refractivity contribution is 5.92. The molecule has 9 heteroatoms. The summed E-state index contributed by atoms with van der Waals surface area (Å²) >= 11 is 0. The maximum atomic E-state index is 13.1. The van der Waals surface area contributed by atoms with E-state index in [1.54, 1.807) is 48.5 Å². The molecule has 1 fully saturated rings. The van der Waals surface area contributed by atoms with E-state index in [-0.39, 0.29) is 37.7 Å². The first-order valence-corrected chi connectivity index (χ1v) is 12.5. The molecule has 1 saturated heterocycles. The fourth-order valence-corrected chi connectivity index (χ4v) is 4.09. The van der Waals surface area contributed by atoms with Gasteiger partial charge in [0.15, 0.2) is 0 Å². The Hall–Kier alpha value is -3.59. The Kier molecular flexibility index (Phi) is 9.52. The Morgan fingerprint density at radius 3 is 2.14 bits per heavy atom. The minimum atomic E-state index is -0.609. The van der Waals surface area contributed by atoms with Gasteiger partial charge < -0.3 is 30.2 Å². The van der Waals surface area contributed by atoms with Crippen LogP contribution in [0.5, 0.6) is 17.2 Å². The van der Waals surface area contributed by atoms with E-state index in [4.69, 9.17) is 19.9 Å². The summed E-state index contributed by atoms with van der Waals surface area (Å²) in [4.78, 5) is 38.6. The molecule has 1 heterocycles. The van der Waals surface area contributed by atoms with Crippen LogP contribution in [0.25, 0.3) is 0 Å². The van der Waals surface area contributed by atoms with Crippen LogP contribution in [0.15, 0.2) is 48.5 Å². The Morgan fingerprint density at radius 2 is 1.59 bits per heavy atom. The largest absolute Gasteiger partial charge is 0.491 e. The van der Waals surface area contributed by atoms with Gasteiger partial charge in [0.1, 0.15) is 36.5 Å². The van der Waals surface area contributed by atoms with Gasteiger partial charge in [-0.25, -0.2) is 0 Å². The van der Waals surface area contributed by atoms with Crippen molar-refractivity contribution in [3.63, 3.8) is 0 Å². The molecule has 3 amide bonds. The zero-order valence-corrected chi connectivity index (χ0v) is 22.0. The van der Waals surface area contributed by atoms with Crippen molar-refractivity contribution >= 4 is 17.7 Å². The Bertz CT molecular complexity index is 1060. The number of ether oxygens (including phenoxy) is 3. The lowest BCUT2D eigenvalue weighted by Gasteiger charge is -2.35. The van der Waals surface area contributed by atoms with Crippen molar-refractivity contribution in [1.29, 1.82) is 0 Å². The van der Waals surface area contributed by atoms with Crippen LogP contribution in [0.1, 0.15) is 50.9 Å². The molecule has 0 saturated carbocycles. The second-order valence-corrected chi connectivity index (χ2v) is 10.3. The summed E-state index contributed by atoms with van der Waals surface area (Å²) in [6.45, 7) is 8.93. The number of carbonyl (C=O) groups excluding carboxylic acids is 3. The van der Waals surface area contributed by atoms with Crippen molar-refractivity contribution in [1.82, 2.24) is 10.2 Å². The smallest absolute Gasteiger partial charge is 0.248 e. The van der Waals surface area contributed by atoms with E-state index in [2.05, 4.69) is 5.32 Å². The van der Waals surface area contributed by atoms with Crippen LogP contribution in [0.4, 0.5) is 0 Å². The topological polar surface area (TPSA) is 120 Å². The molecule has 37 heavy (non-hydrogen) atoms. The average molecular weight is 512 g/mol. The fraction of sp³-hybridized carbons (Fsp3) is 0.464. The van der Waals surface area contributed by atoms with Crippen LogP contribution in [0.3, 0.4) is 0 Å². The van der Waals surface area contributed by atoms with Crippen LogP contribution in [-0.2, 0) is 14.3 Å². The highest BCUT2D eigenvalue weighted by atomic mass is 16.5. The van der Waals surface area contributed by atoms with Gasteiger partial charge >= 0.3 is 0 Å². The molecule has 0 radical (unpaired) electrons. The molecule has 3 rings (SSSR count). The minimum absolute atomic E-state index is 0.0377. The monoisotopic (exact) mass is 511 g/mol. The van der Waals surface area contributed by atoms with Crippen molar-refractivity contribution in [2.24, 2.45) is 11.1 Å². The van der Waals surface area contributed by atoms with Crippen molar-refractivity contribution in [3.05, 3.63) is 54.1 Å². The molecule has 1 aliphatic heterocycles. The predicted molar refractivity (Wildman–Crippen MR) is 140 cm³/mol. The van der Waals surface area contributed by atoms with Gasteiger partial charge in [0.05, 0.1) is 6.61 Å². The minimum Gasteiger partial charge on any atom is -0.491 e. The fourth-order valence-electron chi connectivity index (χ4n) is 4.09. The van der Waals surface area contributed by atoms with Gasteiger partial charge in [0.2, 0.25) is 17.7 Å². The first-order valence-electron chi connectivity index (χ1n) is 12.5. The van der Waals surface area contributed by atoms with Gasteiger partial charge in [-0.3, -0.25) is 14.4 Å². The summed E-state index contributed by atoms with van der Waals surface area (Å²) in [6, 6.07) is 13.2. The van der Waals surface area contributed by atoms with Crippen LogP contribution in [0, 0.1) is 5.41 Å². The van der Waals surface area contributed by atoms with E-state index in [1.165, 1.54) is 0 Å². The normalized spacial score (nSPS) is 16.2. The first kappa shape index (κ1) is 28.0. The predicted octanol–water partition coefficient (Wildman–Crippen LogP) is 3.52. The van der Waals surface area contributed by atoms with E-state index < -0.39 is 17.4 Å². The second-order valence-electron chi connectivity index (χ2n) is 10.3. The molecular weight excluding hydrogens is 474 g/mol. The van der Waals surface area contributed by atoms with Gasteiger partial charge in [-0.1, -0.05) is 20.8 Å². The summed E-state index contributed by atoms with van der Waals surface area (Å²) < 4.78 is 16.9. The number of primary amides is 1. The van der Waals surface area contributed by atoms with E-state index >= 15 is 0 Å². The molecule has 1 aliphatic rings. The summed E-state index contributed by atoms with van der Waals surface area (Å²) in [5, 5.41) is 2.86. The molecular formula is C28H37N3O6. The number of nitrogens with zero attached hydrogens (tertiary/aromatic N) is 1. The summed E-state index contributed by atoms with van der Waals surface area (Å²) in [5.41, 5.74) is 5.24. The molecule has 200 valence electrons. The number of nitrogens with one attached hydrogen (secondary N) is 1. The molecule has 3 N–H and O–H groups in total. The number of carbonyl (C=O) groups is 3. The Balaban J connectivity index is 1.39. The molecule has 0 aliphatic carbocycles. The summed E-state index contributed by atoms with van der Waals surface area (Å²) in [5.74, 6) is 0.959. The third-order valence-electron chi connectivity index (χ3n) is 6.18. The highest BCUT2D eigenvalue weighted by Crippen LogP contribution is 2.26. The van der Waals surface area contributed by atoms with Crippen molar-refractivity contribution in [3.8, 4) is 17.2 Å². The second kappa shape index (κ2) is 12.6. The highest BCUT2D eigenvalue weighted by Gasteiger charge is 2.38. The number of hydrogen-bond acceptors (Lipinski definition) is 6. The third kappa shape index (κ3) is 8.21. The quantitative estimate of drug-likeness (QED) is 0.446. The average Bonchev–Trinajstić information content (AvgIpc) is 3.28. The van der Waals surface area contributed by atoms with E-state index in [9.17, 15) is 14.4 Å². The lowest BCUT2D eigenvalue weighted by atomic mass is 9.85. The zero-order chi connectivity index (χ0) is 27.0. The molecule has 0 spiro atoms. The lowest BCUT2D eigenvalue weighted by molar-refractivity contribution is -0.141. The van der Waals surface area contributed by atoms with Crippen molar-refractivity contribution < 1.29 is 28.6 Å². The summed E-state index contributed by atoms with van der Waals surface area (Å²) in [7, 11) is 0. The maximum Gasteiger partial charge on any atom is 0.248 e. The van der Waals surface area contributed by atoms with Crippen LogP contribution >= 0.6 is 0 Å². The summed E-state index contributed by atoms with van der Waals surface area (Å²) in [6.07, 6.45) is 1.98. The molecule has 0 bridgehead atoms. The number of likely N-dealkylation sites (tertiary alicyclic amines) is 1. The zero-order valence-electron chi connectivity index (χ0n) is 22.0. The Morgan fingerprint density at radius 1 is 1.00 bits per heavy atom. The van der Waals surface area contributed by atoms with Crippen molar-refractivity contribution in [2.75, 3.05) is 26.4 Å².